The van der Waals surface area contributed by atoms with Crippen molar-refractivity contribution in [3.8, 4) is 0 Å². The van der Waals surface area contributed by atoms with Crippen molar-refractivity contribution in [2.75, 3.05) is 11.5 Å². The lowest BCUT2D eigenvalue weighted by Crippen LogP contribution is -2.33. The van der Waals surface area contributed by atoms with Gasteiger partial charge in [-0.15, -0.1) is 23.5 Å². The predicted molar refractivity (Wildman–Crippen MR) is 75.3 cm³/mol. The average Bonchev–Trinajstić information content (AvgIpc) is 2.32. The van der Waals surface area contributed by atoms with E-state index in [1.165, 1.54) is 30.4 Å². The zero-order chi connectivity index (χ0) is 12.3. The number of rotatable bonds is 2. The molecule has 0 bridgehead atoms. The molecule has 0 N–H and O–H groups in total. The van der Waals surface area contributed by atoms with Gasteiger partial charge in [0.25, 0.3) is 0 Å². The Morgan fingerprint density at radius 3 is 2.88 bits per heavy atom. The second kappa shape index (κ2) is 5.53. The second-order valence-corrected chi connectivity index (χ2v) is 7.36. The number of hydrogen-bond acceptors (Lipinski definition) is 4. The molecule has 4 heteroatoms. The van der Waals surface area contributed by atoms with Crippen molar-refractivity contribution in [1.29, 1.82) is 0 Å². The Morgan fingerprint density at radius 1 is 1.59 bits per heavy atom. The smallest absolute Gasteiger partial charge is 0.303 e. The minimum atomic E-state index is -0.199. The van der Waals surface area contributed by atoms with E-state index in [9.17, 15) is 4.79 Å². The van der Waals surface area contributed by atoms with Gasteiger partial charge in [0.05, 0.1) is 4.08 Å². The van der Waals surface area contributed by atoms with Crippen LogP contribution in [0.5, 0.6) is 0 Å². The number of esters is 1. The molecular weight excluding hydrogens is 252 g/mol. The molecule has 17 heavy (non-hydrogen) atoms. The Bertz CT molecular complexity index is 343. The number of carbonyl (C=O) groups is 1. The zero-order valence-corrected chi connectivity index (χ0v) is 11.7. The van der Waals surface area contributed by atoms with Crippen LogP contribution >= 0.6 is 23.5 Å². The lowest BCUT2D eigenvalue weighted by Gasteiger charge is -2.41. The van der Waals surface area contributed by atoms with Gasteiger partial charge in [0.1, 0.15) is 6.10 Å². The highest BCUT2D eigenvalue weighted by Crippen LogP contribution is 2.53. The van der Waals surface area contributed by atoms with Crippen LogP contribution in [0.25, 0.3) is 0 Å². The van der Waals surface area contributed by atoms with Gasteiger partial charge in [0, 0.05) is 6.92 Å². The van der Waals surface area contributed by atoms with Gasteiger partial charge in [0.15, 0.2) is 0 Å². The fraction of sp³-hybridized carbons (Fsp3) is 0.615. The van der Waals surface area contributed by atoms with E-state index < -0.39 is 0 Å². The first-order chi connectivity index (χ1) is 8.16. The molecule has 1 unspecified atom stereocenters. The SMILES string of the molecule is C=CC1=CC(OC(C)=O)CCC12SCCCS2. The van der Waals surface area contributed by atoms with Crippen molar-refractivity contribution in [2.24, 2.45) is 0 Å². The average molecular weight is 270 g/mol. The number of ether oxygens (including phenoxy) is 1. The molecule has 2 rings (SSSR count). The number of allylic oxidation sites excluding steroid dienone is 1. The van der Waals surface area contributed by atoms with Gasteiger partial charge in [-0.1, -0.05) is 12.7 Å². The molecule has 1 aliphatic heterocycles. The standard InChI is InChI=1S/C13H18O2S2/c1-3-11-9-12(15-10(2)14)5-6-13(11)16-7-4-8-17-13/h3,9,12H,1,4-8H2,2H3. The molecule has 1 fully saturated rings. The van der Waals surface area contributed by atoms with Gasteiger partial charge in [-0.3, -0.25) is 4.79 Å². The van der Waals surface area contributed by atoms with Crippen molar-refractivity contribution < 1.29 is 9.53 Å². The van der Waals surface area contributed by atoms with E-state index in [-0.39, 0.29) is 16.2 Å². The fourth-order valence-electron chi connectivity index (χ4n) is 2.30. The third kappa shape index (κ3) is 2.91. The summed E-state index contributed by atoms with van der Waals surface area (Å²) in [7, 11) is 0. The van der Waals surface area contributed by atoms with Crippen LogP contribution in [0.3, 0.4) is 0 Å². The van der Waals surface area contributed by atoms with Crippen LogP contribution in [0, 0.1) is 0 Å². The minimum Gasteiger partial charge on any atom is -0.458 e. The summed E-state index contributed by atoms with van der Waals surface area (Å²) in [6.45, 7) is 5.38. The Morgan fingerprint density at radius 2 is 2.29 bits per heavy atom. The summed E-state index contributed by atoms with van der Waals surface area (Å²) < 4.78 is 5.45. The van der Waals surface area contributed by atoms with Crippen molar-refractivity contribution in [3.63, 3.8) is 0 Å². The van der Waals surface area contributed by atoms with E-state index in [0.717, 1.165) is 12.8 Å². The van der Waals surface area contributed by atoms with Crippen LogP contribution in [0.15, 0.2) is 24.3 Å². The Labute approximate surface area is 111 Å². The molecule has 1 spiro atoms. The molecule has 1 aliphatic carbocycles. The third-order valence-corrected chi connectivity index (χ3v) is 6.56. The highest BCUT2D eigenvalue weighted by atomic mass is 32.2. The molecule has 0 aromatic carbocycles. The molecule has 0 aromatic rings. The summed E-state index contributed by atoms with van der Waals surface area (Å²) in [6, 6.07) is 0. The van der Waals surface area contributed by atoms with Crippen LogP contribution in [-0.4, -0.2) is 27.7 Å². The fourth-order valence-corrected chi connectivity index (χ4v) is 5.72. The first-order valence-corrected chi connectivity index (χ1v) is 7.93. The Kier molecular flexibility index (Phi) is 4.26. The first kappa shape index (κ1) is 13.1. The van der Waals surface area contributed by atoms with E-state index in [1.54, 1.807) is 0 Å². The summed E-state index contributed by atoms with van der Waals surface area (Å²) in [6.07, 6.45) is 7.24. The largest absolute Gasteiger partial charge is 0.458 e. The van der Waals surface area contributed by atoms with Crippen molar-refractivity contribution in [1.82, 2.24) is 0 Å². The maximum atomic E-state index is 11.0. The predicted octanol–water partition coefficient (Wildman–Crippen LogP) is 3.39. The maximum absolute atomic E-state index is 11.0. The van der Waals surface area contributed by atoms with Crippen molar-refractivity contribution >= 4 is 29.5 Å². The van der Waals surface area contributed by atoms with E-state index in [0.29, 0.717) is 0 Å². The summed E-state index contributed by atoms with van der Waals surface area (Å²) in [5.41, 5.74) is 1.24. The van der Waals surface area contributed by atoms with E-state index in [1.807, 2.05) is 29.6 Å². The van der Waals surface area contributed by atoms with Crippen LogP contribution in [0.1, 0.15) is 26.2 Å². The van der Waals surface area contributed by atoms with Crippen LogP contribution < -0.4 is 0 Å². The van der Waals surface area contributed by atoms with Gasteiger partial charge >= 0.3 is 5.97 Å². The molecule has 1 saturated heterocycles. The van der Waals surface area contributed by atoms with Crippen LogP contribution in [-0.2, 0) is 9.53 Å². The van der Waals surface area contributed by atoms with Crippen LogP contribution in [0.4, 0.5) is 0 Å². The molecule has 94 valence electrons. The van der Waals surface area contributed by atoms with Crippen molar-refractivity contribution in [3.05, 3.63) is 24.3 Å². The number of carbonyl (C=O) groups excluding carboxylic acids is 1. The van der Waals surface area contributed by atoms with Gasteiger partial charge in [-0.2, -0.15) is 0 Å². The lowest BCUT2D eigenvalue weighted by atomic mass is 9.96. The highest BCUT2D eigenvalue weighted by molar-refractivity contribution is 8.19. The summed E-state index contributed by atoms with van der Waals surface area (Å²) >= 11 is 4.05. The van der Waals surface area contributed by atoms with Gasteiger partial charge in [-0.05, 0) is 42.4 Å². The minimum absolute atomic E-state index is 0.0609. The molecular formula is C13H18O2S2. The van der Waals surface area contributed by atoms with Gasteiger partial charge < -0.3 is 4.74 Å². The zero-order valence-electron chi connectivity index (χ0n) is 10.1. The summed E-state index contributed by atoms with van der Waals surface area (Å²) in [5, 5.41) is 0. The molecule has 0 saturated carbocycles. The topological polar surface area (TPSA) is 26.3 Å². The van der Waals surface area contributed by atoms with Crippen LogP contribution in [0.2, 0.25) is 0 Å². The lowest BCUT2D eigenvalue weighted by molar-refractivity contribution is -0.144. The summed E-state index contributed by atoms with van der Waals surface area (Å²) in [4.78, 5) is 11.0. The van der Waals surface area contributed by atoms with Gasteiger partial charge in [0.2, 0.25) is 0 Å². The molecule has 0 amide bonds. The molecule has 0 aromatic heterocycles. The Balaban J connectivity index is 2.16. The molecule has 0 radical (unpaired) electrons. The Hall–Kier alpha value is -0.350. The number of thioether (sulfide) groups is 2. The van der Waals surface area contributed by atoms with E-state index >= 15 is 0 Å². The molecule has 1 heterocycles. The quantitative estimate of drug-likeness (QED) is 0.719. The summed E-state index contributed by atoms with van der Waals surface area (Å²) in [5.74, 6) is 2.24. The normalized spacial score (nSPS) is 27.4. The van der Waals surface area contributed by atoms with E-state index in [4.69, 9.17) is 4.74 Å². The van der Waals surface area contributed by atoms with E-state index in [2.05, 4.69) is 12.7 Å². The molecule has 2 nitrogen and oxygen atoms in total. The molecule has 2 aliphatic rings. The highest BCUT2D eigenvalue weighted by Gasteiger charge is 2.39. The monoisotopic (exact) mass is 270 g/mol. The third-order valence-electron chi connectivity index (χ3n) is 3.06. The maximum Gasteiger partial charge on any atom is 0.303 e. The number of hydrogen-bond donors (Lipinski definition) is 0. The van der Waals surface area contributed by atoms with Crippen molar-refractivity contribution in [2.45, 2.75) is 36.4 Å². The van der Waals surface area contributed by atoms with Gasteiger partial charge in [-0.25, -0.2) is 0 Å². The second-order valence-electron chi connectivity index (χ2n) is 4.32. The first-order valence-electron chi connectivity index (χ1n) is 5.96. The molecule has 1 atom stereocenters.